The lowest BCUT2D eigenvalue weighted by Gasteiger charge is -2.26. The molecule has 1 N–H and O–H groups in total. The van der Waals surface area contributed by atoms with Gasteiger partial charge in [-0.1, -0.05) is 6.07 Å². The number of ether oxygens (including phenoxy) is 1. The van der Waals surface area contributed by atoms with Crippen LogP contribution in [0.5, 0.6) is 0 Å². The number of hydrogen-bond acceptors (Lipinski definition) is 8. The zero-order valence-corrected chi connectivity index (χ0v) is 15.9. The summed E-state index contributed by atoms with van der Waals surface area (Å²) in [6.07, 6.45) is 1.62. The van der Waals surface area contributed by atoms with Gasteiger partial charge >= 0.3 is 0 Å². The van der Waals surface area contributed by atoms with E-state index in [1.54, 1.807) is 25.3 Å². The first-order chi connectivity index (χ1) is 13.4. The molecule has 1 aliphatic rings. The zero-order chi connectivity index (χ0) is 20.1. The molecule has 3 rings (SSSR count). The van der Waals surface area contributed by atoms with Crippen LogP contribution in [0.15, 0.2) is 52.6 Å². The molecule has 0 atom stereocenters. The molecule has 1 saturated heterocycles. The molecular formula is C17H19N5O5S. The van der Waals surface area contributed by atoms with E-state index in [0.717, 1.165) is 6.07 Å². The predicted octanol–water partition coefficient (Wildman–Crippen LogP) is 1.85. The van der Waals surface area contributed by atoms with Gasteiger partial charge in [-0.3, -0.25) is 20.5 Å². The molecule has 10 nitrogen and oxygen atoms in total. The third-order valence-electron chi connectivity index (χ3n) is 4.14. The molecule has 148 valence electrons. The Balaban J connectivity index is 1.98. The lowest BCUT2D eigenvalue weighted by molar-refractivity contribution is -0.385. The van der Waals surface area contributed by atoms with Crippen molar-refractivity contribution in [2.24, 2.45) is 5.10 Å². The fourth-order valence-corrected chi connectivity index (χ4v) is 4.20. The maximum Gasteiger partial charge on any atom is 0.270 e. The van der Waals surface area contributed by atoms with Gasteiger partial charge in [0.2, 0.25) is 10.0 Å². The molecule has 0 spiro atoms. The summed E-state index contributed by atoms with van der Waals surface area (Å²) in [4.78, 5) is 14.5. The molecule has 1 aromatic heterocycles. The average molecular weight is 405 g/mol. The van der Waals surface area contributed by atoms with E-state index in [0.29, 0.717) is 11.4 Å². The summed E-state index contributed by atoms with van der Waals surface area (Å²) in [5.74, 6) is 0. The van der Waals surface area contributed by atoms with E-state index in [9.17, 15) is 18.5 Å². The number of nitro benzene ring substituents is 1. The first kappa shape index (κ1) is 19.9. The Labute approximate surface area is 162 Å². The normalized spacial score (nSPS) is 16.0. The van der Waals surface area contributed by atoms with Crippen molar-refractivity contribution >= 4 is 27.1 Å². The highest BCUT2D eigenvalue weighted by molar-refractivity contribution is 7.89. The first-order valence-electron chi connectivity index (χ1n) is 8.47. The smallest absolute Gasteiger partial charge is 0.270 e. The molecule has 2 heterocycles. The SMILES string of the molecule is C/C(=N\Nc1ccc([N+](=O)[O-])cc1S(=O)(=O)N1CCOCC1)c1ccccn1. The Hall–Kier alpha value is -2.89. The Morgan fingerprint density at radius 1 is 1.29 bits per heavy atom. The fourth-order valence-electron chi connectivity index (χ4n) is 2.63. The summed E-state index contributed by atoms with van der Waals surface area (Å²) in [5, 5.41) is 15.3. The molecular weight excluding hydrogens is 386 g/mol. The fraction of sp³-hybridized carbons (Fsp3) is 0.294. The van der Waals surface area contributed by atoms with Gasteiger partial charge in [0, 0.05) is 31.4 Å². The van der Waals surface area contributed by atoms with Gasteiger partial charge in [0.1, 0.15) is 4.90 Å². The van der Waals surface area contributed by atoms with Crippen molar-refractivity contribution in [1.29, 1.82) is 0 Å². The van der Waals surface area contributed by atoms with Crippen molar-refractivity contribution < 1.29 is 18.1 Å². The maximum atomic E-state index is 13.0. The summed E-state index contributed by atoms with van der Waals surface area (Å²) in [6, 6.07) is 8.95. The number of nitro groups is 1. The van der Waals surface area contributed by atoms with Crippen LogP contribution in [0.2, 0.25) is 0 Å². The lowest BCUT2D eigenvalue weighted by atomic mass is 10.2. The van der Waals surface area contributed by atoms with Gasteiger partial charge in [0.15, 0.2) is 0 Å². The maximum absolute atomic E-state index is 13.0. The van der Waals surface area contributed by atoms with Crippen molar-refractivity contribution in [3.63, 3.8) is 0 Å². The number of hydrazone groups is 1. The number of hydrogen-bond donors (Lipinski definition) is 1. The van der Waals surface area contributed by atoms with E-state index >= 15 is 0 Å². The highest BCUT2D eigenvalue weighted by Gasteiger charge is 2.30. The number of anilines is 1. The summed E-state index contributed by atoms with van der Waals surface area (Å²) in [7, 11) is -3.96. The summed E-state index contributed by atoms with van der Waals surface area (Å²) >= 11 is 0. The third-order valence-corrected chi connectivity index (χ3v) is 6.08. The number of morpholine rings is 1. The van der Waals surface area contributed by atoms with Crippen LogP contribution in [0.3, 0.4) is 0 Å². The molecule has 0 aliphatic carbocycles. The molecule has 0 amide bonds. The number of sulfonamides is 1. The number of pyridine rings is 1. The number of non-ortho nitro benzene ring substituents is 1. The van der Waals surface area contributed by atoms with E-state index in [1.165, 1.54) is 16.4 Å². The quantitative estimate of drug-likeness (QED) is 0.441. The summed E-state index contributed by atoms with van der Waals surface area (Å²) < 4.78 is 32.5. The van der Waals surface area contributed by atoms with Crippen LogP contribution >= 0.6 is 0 Å². The highest BCUT2D eigenvalue weighted by atomic mass is 32.2. The predicted molar refractivity (Wildman–Crippen MR) is 103 cm³/mol. The minimum absolute atomic E-state index is 0.146. The second-order valence-corrected chi connectivity index (χ2v) is 7.88. The number of rotatable bonds is 6. The van der Waals surface area contributed by atoms with E-state index in [-0.39, 0.29) is 42.6 Å². The average Bonchev–Trinajstić information content (AvgIpc) is 2.73. The monoisotopic (exact) mass is 405 g/mol. The molecule has 1 aliphatic heterocycles. The molecule has 0 bridgehead atoms. The van der Waals surface area contributed by atoms with Crippen molar-refractivity contribution in [2.45, 2.75) is 11.8 Å². The number of nitrogens with zero attached hydrogens (tertiary/aromatic N) is 4. The van der Waals surface area contributed by atoms with E-state index in [4.69, 9.17) is 4.74 Å². The highest BCUT2D eigenvalue weighted by Crippen LogP contribution is 2.29. The van der Waals surface area contributed by atoms with Crippen LogP contribution < -0.4 is 5.43 Å². The van der Waals surface area contributed by atoms with Gasteiger partial charge in [-0.05, 0) is 25.1 Å². The molecule has 11 heteroatoms. The molecule has 0 radical (unpaired) electrons. The minimum atomic E-state index is -3.96. The van der Waals surface area contributed by atoms with Gasteiger partial charge in [0.25, 0.3) is 5.69 Å². The third kappa shape index (κ3) is 4.32. The van der Waals surface area contributed by atoms with Crippen LogP contribution in [-0.2, 0) is 14.8 Å². The lowest BCUT2D eigenvalue weighted by Crippen LogP contribution is -2.40. The van der Waals surface area contributed by atoms with Gasteiger partial charge in [-0.25, -0.2) is 8.42 Å². The van der Waals surface area contributed by atoms with Crippen molar-refractivity contribution in [3.8, 4) is 0 Å². The minimum Gasteiger partial charge on any atom is -0.379 e. The standard InChI is InChI=1S/C17H19N5O5S/c1-13(15-4-2-3-7-18-15)19-20-16-6-5-14(22(23)24)12-17(16)28(25,26)21-8-10-27-11-9-21/h2-7,12,20H,8-11H2,1H3/b19-13+. The van der Waals surface area contributed by atoms with Crippen molar-refractivity contribution in [3.05, 3.63) is 58.4 Å². The zero-order valence-electron chi connectivity index (χ0n) is 15.1. The summed E-state index contributed by atoms with van der Waals surface area (Å²) in [6.45, 7) is 2.62. The first-order valence-corrected chi connectivity index (χ1v) is 9.91. The molecule has 1 fully saturated rings. The molecule has 1 aromatic carbocycles. The van der Waals surface area contributed by atoms with E-state index in [1.807, 2.05) is 6.07 Å². The summed E-state index contributed by atoms with van der Waals surface area (Å²) in [5.41, 5.74) is 3.70. The molecule has 0 saturated carbocycles. The van der Waals surface area contributed by atoms with Crippen LogP contribution in [0.25, 0.3) is 0 Å². The molecule has 28 heavy (non-hydrogen) atoms. The van der Waals surface area contributed by atoms with Gasteiger partial charge in [0.05, 0.1) is 35.2 Å². The van der Waals surface area contributed by atoms with Crippen LogP contribution in [0.1, 0.15) is 12.6 Å². The Kier molecular flexibility index (Phi) is 5.97. The second kappa shape index (κ2) is 8.42. The van der Waals surface area contributed by atoms with Crippen LogP contribution in [0.4, 0.5) is 11.4 Å². The molecule has 0 unspecified atom stereocenters. The van der Waals surface area contributed by atoms with Gasteiger partial charge < -0.3 is 4.74 Å². The number of nitrogens with one attached hydrogen (secondary N) is 1. The number of aromatic nitrogens is 1. The Morgan fingerprint density at radius 3 is 2.68 bits per heavy atom. The van der Waals surface area contributed by atoms with Crippen molar-refractivity contribution in [1.82, 2.24) is 9.29 Å². The van der Waals surface area contributed by atoms with E-state index in [2.05, 4.69) is 15.5 Å². The second-order valence-electron chi connectivity index (χ2n) is 5.98. The largest absolute Gasteiger partial charge is 0.379 e. The Morgan fingerprint density at radius 2 is 2.04 bits per heavy atom. The van der Waals surface area contributed by atoms with Crippen molar-refractivity contribution in [2.75, 3.05) is 31.7 Å². The van der Waals surface area contributed by atoms with Crippen LogP contribution in [-0.4, -0.2) is 54.6 Å². The van der Waals surface area contributed by atoms with Crippen LogP contribution in [0, 0.1) is 10.1 Å². The molecule has 2 aromatic rings. The number of benzene rings is 1. The Bertz CT molecular complexity index is 988. The van der Waals surface area contributed by atoms with E-state index < -0.39 is 14.9 Å². The van der Waals surface area contributed by atoms with Gasteiger partial charge in [-0.15, -0.1) is 0 Å². The van der Waals surface area contributed by atoms with Gasteiger partial charge in [-0.2, -0.15) is 9.41 Å². The topological polar surface area (TPSA) is 127 Å².